The minimum Gasteiger partial charge on any atom is -0.491 e. The summed E-state index contributed by atoms with van der Waals surface area (Å²) in [7, 11) is 1.20. The van der Waals surface area contributed by atoms with Gasteiger partial charge in [-0.3, -0.25) is 9.59 Å². The number of carbonyl (C=O) groups excluding carboxylic acids is 1. The summed E-state index contributed by atoms with van der Waals surface area (Å²) in [5.41, 5.74) is 0.128. The van der Waals surface area contributed by atoms with Crippen LogP contribution in [0.15, 0.2) is 47.4 Å². The van der Waals surface area contributed by atoms with Crippen LogP contribution in [0.1, 0.15) is 34.8 Å². The van der Waals surface area contributed by atoms with Gasteiger partial charge in [-0.1, -0.05) is 30.3 Å². The molecule has 1 aromatic heterocycles. The number of pyridine rings is 1. The number of aromatic nitrogens is 1. The summed E-state index contributed by atoms with van der Waals surface area (Å²) < 4.78 is 35.1. The van der Waals surface area contributed by atoms with E-state index in [4.69, 9.17) is 4.74 Å². The van der Waals surface area contributed by atoms with E-state index in [0.717, 1.165) is 24.5 Å². The maximum absolute atomic E-state index is 14.3. The number of rotatable bonds is 7. The lowest BCUT2D eigenvalue weighted by molar-refractivity contribution is 0.0915. The lowest BCUT2D eigenvalue weighted by atomic mass is 10.1. The molecular formula is C23H22F2N2O4. The fourth-order valence-electron chi connectivity index (χ4n) is 3.74. The van der Waals surface area contributed by atoms with Crippen LogP contribution in [0.25, 0.3) is 10.9 Å². The summed E-state index contributed by atoms with van der Waals surface area (Å²) in [5.74, 6) is -3.44. The minimum absolute atomic E-state index is 0.0358. The number of fused-ring (bicyclic) bond motifs is 1. The Labute approximate surface area is 177 Å². The first-order valence-corrected chi connectivity index (χ1v) is 10.0. The highest BCUT2D eigenvalue weighted by Gasteiger charge is 2.30. The van der Waals surface area contributed by atoms with E-state index in [-0.39, 0.29) is 34.9 Å². The average Bonchev–Trinajstić information content (AvgIpc) is 3.61. The predicted octanol–water partition coefficient (Wildman–Crippen LogP) is 2.96. The summed E-state index contributed by atoms with van der Waals surface area (Å²) in [6.45, 7) is -0.321. The molecule has 8 heteroatoms. The van der Waals surface area contributed by atoms with Crippen LogP contribution in [0.5, 0.6) is 5.75 Å². The van der Waals surface area contributed by atoms with Gasteiger partial charge in [-0.05, 0) is 30.9 Å². The maximum Gasteiger partial charge on any atom is 0.257 e. The Bertz CT molecular complexity index is 1190. The lowest BCUT2D eigenvalue weighted by Gasteiger charge is -2.19. The van der Waals surface area contributed by atoms with Crippen LogP contribution in [-0.4, -0.2) is 35.3 Å². The van der Waals surface area contributed by atoms with Gasteiger partial charge in [0.05, 0.1) is 30.7 Å². The molecule has 162 valence electrons. The largest absolute Gasteiger partial charge is 0.491 e. The normalized spacial score (nSPS) is 14.5. The van der Waals surface area contributed by atoms with Crippen molar-refractivity contribution >= 4 is 16.8 Å². The molecule has 6 nitrogen and oxygen atoms in total. The SMILES string of the molecule is COc1c(F)c(F)cc2c(=O)c(C(=O)NC(CO)Cc3ccccc3)cn(C3CC3)c12. The number of aliphatic hydroxyl groups excluding tert-OH is 1. The Balaban J connectivity index is 1.75. The second kappa shape index (κ2) is 8.47. The van der Waals surface area contributed by atoms with E-state index in [1.54, 1.807) is 4.57 Å². The second-order valence-corrected chi connectivity index (χ2v) is 7.65. The average molecular weight is 428 g/mol. The first kappa shape index (κ1) is 21.0. The van der Waals surface area contributed by atoms with Gasteiger partial charge in [0, 0.05) is 12.2 Å². The van der Waals surface area contributed by atoms with Crippen molar-refractivity contribution in [3.63, 3.8) is 0 Å². The van der Waals surface area contributed by atoms with Gasteiger partial charge < -0.3 is 19.7 Å². The number of aliphatic hydroxyl groups is 1. The molecule has 0 radical (unpaired) electrons. The fourth-order valence-corrected chi connectivity index (χ4v) is 3.74. The summed E-state index contributed by atoms with van der Waals surface area (Å²) >= 11 is 0. The van der Waals surface area contributed by atoms with Crippen LogP contribution in [0.2, 0.25) is 0 Å². The molecule has 1 heterocycles. The zero-order valence-electron chi connectivity index (χ0n) is 16.9. The fraction of sp³-hybridized carbons (Fsp3) is 0.304. The third-order valence-corrected chi connectivity index (χ3v) is 5.44. The number of halogens is 2. The van der Waals surface area contributed by atoms with Crippen LogP contribution in [0.4, 0.5) is 8.78 Å². The molecule has 1 unspecified atom stereocenters. The van der Waals surface area contributed by atoms with Gasteiger partial charge >= 0.3 is 0 Å². The van der Waals surface area contributed by atoms with E-state index in [0.29, 0.717) is 6.42 Å². The van der Waals surface area contributed by atoms with Crippen molar-refractivity contribution in [2.45, 2.75) is 31.3 Å². The van der Waals surface area contributed by atoms with Crippen LogP contribution in [0, 0.1) is 11.6 Å². The Morgan fingerprint density at radius 3 is 2.61 bits per heavy atom. The van der Waals surface area contributed by atoms with Crippen molar-refractivity contribution in [2.24, 2.45) is 0 Å². The van der Waals surface area contributed by atoms with E-state index in [2.05, 4.69) is 5.32 Å². The van der Waals surface area contributed by atoms with Crippen molar-refractivity contribution in [1.29, 1.82) is 0 Å². The molecule has 1 fully saturated rings. The molecule has 0 saturated heterocycles. The quantitative estimate of drug-likeness (QED) is 0.606. The third-order valence-electron chi connectivity index (χ3n) is 5.44. The molecular weight excluding hydrogens is 406 g/mol. The number of carbonyl (C=O) groups is 1. The highest BCUT2D eigenvalue weighted by molar-refractivity contribution is 5.98. The van der Waals surface area contributed by atoms with Crippen molar-refractivity contribution < 1.29 is 23.4 Å². The standard InChI is InChI=1S/C23H22F2N2O4/c1-31-22-19(25)18(24)10-16-20(22)27(15-7-8-15)11-17(21(16)29)23(30)26-14(12-28)9-13-5-3-2-4-6-13/h2-6,10-11,14-15,28H,7-9,12H2,1H3,(H,26,30). The summed E-state index contributed by atoms with van der Waals surface area (Å²) in [4.78, 5) is 26.0. The molecule has 4 rings (SSSR count). The molecule has 1 aliphatic carbocycles. The highest BCUT2D eigenvalue weighted by atomic mass is 19.2. The maximum atomic E-state index is 14.3. The van der Waals surface area contributed by atoms with Gasteiger partial charge in [-0.15, -0.1) is 0 Å². The number of ether oxygens (including phenoxy) is 1. The highest BCUT2D eigenvalue weighted by Crippen LogP contribution is 2.40. The van der Waals surface area contributed by atoms with Gasteiger partial charge in [0.1, 0.15) is 5.56 Å². The van der Waals surface area contributed by atoms with E-state index < -0.39 is 29.0 Å². The molecule has 31 heavy (non-hydrogen) atoms. The smallest absolute Gasteiger partial charge is 0.257 e. The van der Waals surface area contributed by atoms with Gasteiger partial charge in [-0.25, -0.2) is 4.39 Å². The zero-order valence-corrected chi connectivity index (χ0v) is 16.9. The first-order valence-electron chi connectivity index (χ1n) is 10.0. The molecule has 0 aliphatic heterocycles. The first-order chi connectivity index (χ1) is 14.9. The molecule has 3 aromatic rings. The third kappa shape index (κ3) is 4.03. The van der Waals surface area contributed by atoms with Gasteiger partial charge in [0.25, 0.3) is 5.91 Å². The predicted molar refractivity (Wildman–Crippen MR) is 111 cm³/mol. The molecule has 2 aromatic carbocycles. The number of hydrogen-bond donors (Lipinski definition) is 2. The molecule has 2 N–H and O–H groups in total. The number of nitrogens with zero attached hydrogens (tertiary/aromatic N) is 1. The minimum atomic E-state index is -1.22. The van der Waals surface area contributed by atoms with Crippen LogP contribution >= 0.6 is 0 Å². The Hall–Kier alpha value is -3.26. The van der Waals surface area contributed by atoms with E-state index in [1.807, 2.05) is 30.3 Å². The second-order valence-electron chi connectivity index (χ2n) is 7.65. The Kier molecular flexibility index (Phi) is 5.73. The Morgan fingerprint density at radius 2 is 2.00 bits per heavy atom. The van der Waals surface area contributed by atoms with E-state index >= 15 is 0 Å². The van der Waals surface area contributed by atoms with Gasteiger partial charge in [-0.2, -0.15) is 4.39 Å². The number of benzene rings is 2. The number of methoxy groups -OCH3 is 1. The van der Waals surface area contributed by atoms with Crippen molar-refractivity contribution in [1.82, 2.24) is 9.88 Å². The molecule has 1 saturated carbocycles. The lowest BCUT2D eigenvalue weighted by Crippen LogP contribution is -2.41. The summed E-state index contributed by atoms with van der Waals surface area (Å²) in [5, 5.41) is 12.3. The van der Waals surface area contributed by atoms with E-state index in [1.165, 1.54) is 13.3 Å². The number of hydrogen-bond acceptors (Lipinski definition) is 4. The van der Waals surface area contributed by atoms with E-state index in [9.17, 15) is 23.5 Å². The zero-order chi connectivity index (χ0) is 22.1. The number of nitrogens with one attached hydrogen (secondary N) is 1. The monoisotopic (exact) mass is 428 g/mol. The number of amides is 1. The van der Waals surface area contributed by atoms with Crippen molar-refractivity contribution in [2.75, 3.05) is 13.7 Å². The molecule has 1 aliphatic rings. The molecule has 0 bridgehead atoms. The van der Waals surface area contributed by atoms with Gasteiger partial charge in [0.15, 0.2) is 11.6 Å². The van der Waals surface area contributed by atoms with Crippen LogP contribution < -0.4 is 15.5 Å². The van der Waals surface area contributed by atoms with Crippen LogP contribution in [-0.2, 0) is 6.42 Å². The topological polar surface area (TPSA) is 80.6 Å². The van der Waals surface area contributed by atoms with Crippen molar-refractivity contribution in [3.8, 4) is 5.75 Å². The van der Waals surface area contributed by atoms with Gasteiger partial charge in [0.2, 0.25) is 11.2 Å². The summed E-state index contributed by atoms with van der Waals surface area (Å²) in [6, 6.07) is 9.46. The molecule has 1 amide bonds. The molecule has 0 spiro atoms. The molecule has 1 atom stereocenters. The van der Waals surface area contributed by atoms with Crippen molar-refractivity contribution in [3.05, 3.63) is 75.6 Å². The Morgan fingerprint density at radius 1 is 1.29 bits per heavy atom. The van der Waals surface area contributed by atoms with Crippen LogP contribution in [0.3, 0.4) is 0 Å². The summed E-state index contributed by atoms with van der Waals surface area (Å²) in [6.07, 6.45) is 3.32.